The first-order valence-electron chi connectivity index (χ1n) is 13.9. The Morgan fingerprint density at radius 3 is 2.15 bits per heavy atom. The molecule has 0 radical (unpaired) electrons. The lowest BCUT2D eigenvalue weighted by Crippen LogP contribution is -2.61. The number of rotatable bonds is 3. The molecule has 1 N–H and O–H groups in total. The molecule has 3 fully saturated rings. The molecule has 0 bridgehead atoms. The van der Waals surface area contributed by atoms with Crippen LogP contribution < -0.4 is 0 Å². The zero-order chi connectivity index (χ0) is 24.7. The van der Waals surface area contributed by atoms with Crippen LogP contribution in [-0.2, 0) is 4.79 Å². The highest BCUT2D eigenvalue weighted by Gasteiger charge is 2.65. The maximum Gasteiger partial charge on any atom is 0.303 e. The minimum Gasteiger partial charge on any atom is -0.481 e. The molecule has 0 saturated heterocycles. The molecule has 2 nitrogen and oxygen atoms in total. The maximum atomic E-state index is 11.7. The number of allylic oxidation sites excluding steroid dienone is 2. The van der Waals surface area contributed by atoms with E-state index in [2.05, 4.69) is 62.3 Å². The van der Waals surface area contributed by atoms with Crippen LogP contribution >= 0.6 is 0 Å². The number of hydrogen-bond donors (Lipinski definition) is 1. The van der Waals surface area contributed by atoms with E-state index in [1.54, 1.807) is 0 Å². The Morgan fingerprint density at radius 1 is 0.909 bits per heavy atom. The Kier molecular flexibility index (Phi) is 5.83. The summed E-state index contributed by atoms with van der Waals surface area (Å²) in [6.45, 7) is 22.5. The van der Waals surface area contributed by atoms with Gasteiger partial charge in [-0.1, -0.05) is 73.5 Å². The molecule has 0 heterocycles. The zero-order valence-electron chi connectivity index (χ0n) is 23.3. The van der Waals surface area contributed by atoms with Crippen LogP contribution in [0.2, 0.25) is 0 Å². The SMILES string of the molecule is CC1(C)CC[C@]2(C)CC[C@]3(C)C(=C2C1)CC[C@@H]1[C@@](C)(CCC(=O)O)[C@H](C(C)(C)C)CC[C@]13C. The smallest absolute Gasteiger partial charge is 0.303 e. The van der Waals surface area contributed by atoms with Crippen molar-refractivity contribution in [2.45, 2.75) is 133 Å². The summed E-state index contributed by atoms with van der Waals surface area (Å²) in [5.74, 6) is 0.569. The van der Waals surface area contributed by atoms with Gasteiger partial charge in [-0.25, -0.2) is 0 Å². The quantitative estimate of drug-likeness (QED) is 0.430. The van der Waals surface area contributed by atoms with Crippen molar-refractivity contribution in [3.63, 3.8) is 0 Å². The van der Waals surface area contributed by atoms with Crippen LogP contribution in [0.15, 0.2) is 11.1 Å². The van der Waals surface area contributed by atoms with Crippen molar-refractivity contribution in [3.8, 4) is 0 Å². The van der Waals surface area contributed by atoms with Crippen LogP contribution in [0.4, 0.5) is 0 Å². The maximum absolute atomic E-state index is 11.7. The number of aliphatic carboxylic acids is 1. The van der Waals surface area contributed by atoms with E-state index in [0.29, 0.717) is 29.1 Å². The van der Waals surface area contributed by atoms with E-state index in [1.807, 2.05) is 11.1 Å². The average Bonchev–Trinajstić information content (AvgIpc) is 2.67. The van der Waals surface area contributed by atoms with Gasteiger partial charge in [0.2, 0.25) is 0 Å². The summed E-state index contributed by atoms with van der Waals surface area (Å²) in [5.41, 5.74) is 5.38. The van der Waals surface area contributed by atoms with Crippen molar-refractivity contribution in [3.05, 3.63) is 11.1 Å². The van der Waals surface area contributed by atoms with Crippen LogP contribution in [-0.4, -0.2) is 11.1 Å². The molecule has 4 aliphatic rings. The molecule has 33 heavy (non-hydrogen) atoms. The number of carboxylic acid groups (broad SMARTS) is 1. The van der Waals surface area contributed by atoms with Gasteiger partial charge in [0.05, 0.1) is 0 Å². The van der Waals surface area contributed by atoms with Crippen LogP contribution in [0.1, 0.15) is 133 Å². The highest BCUT2D eigenvalue weighted by Crippen LogP contribution is 2.74. The van der Waals surface area contributed by atoms with E-state index in [-0.39, 0.29) is 21.7 Å². The van der Waals surface area contributed by atoms with E-state index >= 15 is 0 Å². The van der Waals surface area contributed by atoms with Crippen molar-refractivity contribution in [1.82, 2.24) is 0 Å². The Hall–Kier alpha value is -0.790. The van der Waals surface area contributed by atoms with Gasteiger partial charge in [0.15, 0.2) is 0 Å². The second kappa shape index (κ2) is 7.60. The number of carbonyl (C=O) groups is 1. The van der Waals surface area contributed by atoms with E-state index in [0.717, 1.165) is 6.42 Å². The van der Waals surface area contributed by atoms with Gasteiger partial charge >= 0.3 is 5.97 Å². The fourth-order valence-corrected chi connectivity index (χ4v) is 10.0. The third-order valence-electron chi connectivity index (χ3n) is 12.1. The Morgan fingerprint density at radius 2 is 1.55 bits per heavy atom. The van der Waals surface area contributed by atoms with Gasteiger partial charge in [-0.2, -0.15) is 0 Å². The molecule has 0 spiro atoms. The highest BCUT2D eigenvalue weighted by molar-refractivity contribution is 5.66. The molecule has 4 rings (SSSR count). The summed E-state index contributed by atoms with van der Waals surface area (Å²) >= 11 is 0. The van der Waals surface area contributed by atoms with E-state index in [9.17, 15) is 9.90 Å². The number of carboxylic acids is 1. The van der Waals surface area contributed by atoms with Gasteiger partial charge in [-0.3, -0.25) is 4.79 Å². The van der Waals surface area contributed by atoms with Crippen LogP contribution in [0.5, 0.6) is 0 Å². The zero-order valence-corrected chi connectivity index (χ0v) is 23.3. The normalized spacial score (nSPS) is 45.1. The molecule has 0 aromatic rings. The molecule has 0 amide bonds. The first-order chi connectivity index (χ1) is 15.0. The van der Waals surface area contributed by atoms with Crippen molar-refractivity contribution in [2.75, 3.05) is 0 Å². The van der Waals surface area contributed by atoms with Crippen LogP contribution in [0, 0.1) is 44.3 Å². The van der Waals surface area contributed by atoms with Gasteiger partial charge in [0.25, 0.3) is 0 Å². The molecule has 0 aliphatic heterocycles. The monoisotopic (exact) mass is 456 g/mol. The largest absolute Gasteiger partial charge is 0.481 e. The van der Waals surface area contributed by atoms with Crippen LogP contribution in [0.3, 0.4) is 0 Å². The highest BCUT2D eigenvalue weighted by atomic mass is 16.4. The molecule has 4 aliphatic carbocycles. The first kappa shape index (κ1) is 25.3. The molecule has 0 aromatic heterocycles. The van der Waals surface area contributed by atoms with Crippen molar-refractivity contribution >= 4 is 5.97 Å². The molecule has 6 atom stereocenters. The minimum atomic E-state index is -0.626. The molecule has 0 unspecified atom stereocenters. The molecule has 188 valence electrons. The molecular weight excluding hydrogens is 404 g/mol. The fraction of sp³-hybridized carbons (Fsp3) is 0.903. The summed E-state index contributed by atoms with van der Waals surface area (Å²) in [6.07, 6.45) is 12.9. The van der Waals surface area contributed by atoms with E-state index in [4.69, 9.17) is 0 Å². The standard InChI is InChI=1S/C31H52O2/c1-26(2,3)23-12-15-31(9)24(29(23,7)14-13-25(32)33)11-10-21-22-20-27(4,5)16-17-28(22,6)18-19-30(21,31)8/h23-24H,10-20H2,1-9H3,(H,32,33)/t23-,24+,28+,29-,30+,31+/m0/s1. The Labute approximate surface area is 204 Å². The Balaban J connectivity index is 1.81. The van der Waals surface area contributed by atoms with Crippen molar-refractivity contribution in [1.29, 1.82) is 0 Å². The van der Waals surface area contributed by atoms with Gasteiger partial charge in [0.1, 0.15) is 0 Å². The number of fused-ring (bicyclic) bond motifs is 4. The Bertz CT molecular complexity index is 843. The van der Waals surface area contributed by atoms with E-state index in [1.165, 1.54) is 57.8 Å². The van der Waals surface area contributed by atoms with Gasteiger partial charge in [0, 0.05) is 6.42 Å². The summed E-state index contributed by atoms with van der Waals surface area (Å²) in [7, 11) is 0. The second-order valence-electron chi connectivity index (χ2n) is 15.6. The summed E-state index contributed by atoms with van der Waals surface area (Å²) in [5, 5.41) is 9.65. The topological polar surface area (TPSA) is 37.3 Å². The predicted octanol–water partition coefficient (Wildman–Crippen LogP) is 9.04. The summed E-state index contributed by atoms with van der Waals surface area (Å²) in [6, 6.07) is 0. The van der Waals surface area contributed by atoms with Crippen LogP contribution in [0.25, 0.3) is 0 Å². The van der Waals surface area contributed by atoms with E-state index < -0.39 is 5.97 Å². The third kappa shape index (κ3) is 3.76. The first-order valence-corrected chi connectivity index (χ1v) is 13.9. The lowest BCUT2D eigenvalue weighted by Gasteiger charge is -2.69. The minimum absolute atomic E-state index is 0.0927. The third-order valence-corrected chi connectivity index (χ3v) is 12.1. The van der Waals surface area contributed by atoms with Gasteiger partial charge in [-0.15, -0.1) is 0 Å². The molecule has 2 heteroatoms. The lowest BCUT2D eigenvalue weighted by atomic mass is 9.35. The fourth-order valence-electron chi connectivity index (χ4n) is 10.0. The lowest BCUT2D eigenvalue weighted by molar-refractivity contribution is -0.167. The summed E-state index contributed by atoms with van der Waals surface area (Å²) < 4.78 is 0. The molecule has 0 aromatic carbocycles. The second-order valence-corrected chi connectivity index (χ2v) is 15.6. The predicted molar refractivity (Wildman–Crippen MR) is 138 cm³/mol. The van der Waals surface area contributed by atoms with Gasteiger partial charge < -0.3 is 5.11 Å². The molecular formula is C31H52O2. The summed E-state index contributed by atoms with van der Waals surface area (Å²) in [4.78, 5) is 11.7. The van der Waals surface area contributed by atoms with Gasteiger partial charge in [-0.05, 0) is 109 Å². The van der Waals surface area contributed by atoms with Crippen molar-refractivity contribution in [2.24, 2.45) is 44.3 Å². The average molecular weight is 457 g/mol. The number of hydrogen-bond acceptors (Lipinski definition) is 1. The molecule has 3 saturated carbocycles. The van der Waals surface area contributed by atoms with Crippen molar-refractivity contribution < 1.29 is 9.90 Å².